The molecule has 1 N–H and O–H groups in total. The summed E-state index contributed by atoms with van der Waals surface area (Å²) >= 11 is 0. The number of carbonyl (C=O) groups is 1. The van der Waals surface area contributed by atoms with Gasteiger partial charge in [0.25, 0.3) is 0 Å². The molecule has 3 aliphatic heterocycles. The maximum Gasteiger partial charge on any atom is 0.442 e. The van der Waals surface area contributed by atoms with Gasteiger partial charge in [0.1, 0.15) is 11.3 Å². The molecule has 3 aromatic rings. The highest BCUT2D eigenvalue weighted by Gasteiger charge is 2.21. The zero-order valence-electron chi connectivity index (χ0n) is 22.7. The van der Waals surface area contributed by atoms with E-state index >= 15 is 0 Å². The molecular formula is C27H34N8O5. The molecule has 0 spiro atoms. The van der Waals surface area contributed by atoms with Crippen LogP contribution in [0.25, 0.3) is 10.9 Å². The summed E-state index contributed by atoms with van der Waals surface area (Å²) in [5, 5.41) is 4.23. The Kier molecular flexibility index (Phi) is 7.91. The Balaban J connectivity index is 1.21. The van der Waals surface area contributed by atoms with E-state index in [0.717, 1.165) is 76.4 Å². The normalized spacial score (nSPS) is 17.6. The highest BCUT2D eigenvalue weighted by molar-refractivity contribution is 5.95. The van der Waals surface area contributed by atoms with E-state index in [-0.39, 0.29) is 11.4 Å². The van der Waals surface area contributed by atoms with E-state index in [1.54, 1.807) is 7.11 Å². The summed E-state index contributed by atoms with van der Waals surface area (Å²) in [6.45, 7) is 8.11. The van der Waals surface area contributed by atoms with Crippen molar-refractivity contribution in [1.82, 2.24) is 24.4 Å². The van der Waals surface area contributed by atoms with Crippen LogP contribution < -0.4 is 30.0 Å². The van der Waals surface area contributed by atoms with Crippen molar-refractivity contribution in [2.24, 2.45) is 4.99 Å². The van der Waals surface area contributed by atoms with E-state index in [1.165, 1.54) is 12.4 Å². The number of fused-ring (bicyclic) bond motifs is 3. The van der Waals surface area contributed by atoms with Crippen LogP contribution in [0.15, 0.2) is 29.5 Å². The van der Waals surface area contributed by atoms with Crippen LogP contribution in [0.1, 0.15) is 19.3 Å². The SMILES string of the molecule is COc1c(OCCCN2CCOCC2)ccc2c3n(c(=NC(=O)Oc4cnc(N5CCCC5)nc4)nc12)CCN3. The predicted octanol–water partition coefficient (Wildman–Crippen LogP) is 2.06. The van der Waals surface area contributed by atoms with Gasteiger partial charge >= 0.3 is 6.09 Å². The molecule has 2 saturated heterocycles. The van der Waals surface area contributed by atoms with Crippen molar-refractivity contribution >= 4 is 28.8 Å². The van der Waals surface area contributed by atoms with Gasteiger partial charge < -0.3 is 29.2 Å². The molecule has 6 rings (SSSR count). The van der Waals surface area contributed by atoms with Crippen molar-refractivity contribution in [2.45, 2.75) is 25.8 Å². The quantitative estimate of drug-likeness (QED) is 0.414. The number of amides is 1. The molecule has 0 atom stereocenters. The van der Waals surface area contributed by atoms with Gasteiger partial charge in [0, 0.05) is 51.2 Å². The van der Waals surface area contributed by atoms with Gasteiger partial charge in [0.2, 0.25) is 11.6 Å². The fraction of sp³-hybridized carbons (Fsp3) is 0.519. The van der Waals surface area contributed by atoms with Crippen LogP contribution in [-0.2, 0) is 11.3 Å². The summed E-state index contributed by atoms with van der Waals surface area (Å²) in [6.07, 6.45) is 5.31. The lowest BCUT2D eigenvalue weighted by molar-refractivity contribution is 0.0357. The van der Waals surface area contributed by atoms with E-state index in [2.05, 4.69) is 30.1 Å². The highest BCUT2D eigenvalue weighted by Crippen LogP contribution is 2.37. The molecule has 13 nitrogen and oxygen atoms in total. The van der Waals surface area contributed by atoms with E-state index in [1.807, 2.05) is 16.7 Å². The Hall–Kier alpha value is -3.97. The van der Waals surface area contributed by atoms with Crippen molar-refractivity contribution in [3.05, 3.63) is 30.1 Å². The second-order valence-corrected chi connectivity index (χ2v) is 9.88. The Bertz CT molecular complexity index is 1420. The molecule has 3 aliphatic rings. The van der Waals surface area contributed by atoms with Gasteiger partial charge in [0.15, 0.2) is 17.2 Å². The number of rotatable bonds is 8. The number of anilines is 2. The van der Waals surface area contributed by atoms with Crippen molar-refractivity contribution in [1.29, 1.82) is 0 Å². The number of carbonyl (C=O) groups excluding carboxylic acids is 1. The van der Waals surface area contributed by atoms with Gasteiger partial charge in [-0.25, -0.2) is 19.7 Å². The van der Waals surface area contributed by atoms with E-state index < -0.39 is 6.09 Å². The van der Waals surface area contributed by atoms with Gasteiger partial charge in [-0.2, -0.15) is 0 Å². The number of nitrogens with zero attached hydrogens (tertiary/aromatic N) is 7. The number of aromatic nitrogens is 4. The zero-order valence-corrected chi connectivity index (χ0v) is 22.7. The van der Waals surface area contributed by atoms with Crippen molar-refractivity contribution in [2.75, 3.05) is 76.4 Å². The number of morpholine rings is 1. The fourth-order valence-electron chi connectivity index (χ4n) is 5.29. The van der Waals surface area contributed by atoms with Crippen molar-refractivity contribution in [3.8, 4) is 17.2 Å². The highest BCUT2D eigenvalue weighted by atomic mass is 16.5. The lowest BCUT2D eigenvalue weighted by Gasteiger charge is -2.26. The second kappa shape index (κ2) is 12.0. The summed E-state index contributed by atoms with van der Waals surface area (Å²) in [5.74, 6) is 2.76. The minimum Gasteiger partial charge on any atom is -0.491 e. The first kappa shape index (κ1) is 26.3. The minimum absolute atomic E-state index is 0.217. The monoisotopic (exact) mass is 550 g/mol. The third-order valence-electron chi connectivity index (χ3n) is 7.29. The second-order valence-electron chi connectivity index (χ2n) is 9.88. The molecule has 0 bridgehead atoms. The van der Waals surface area contributed by atoms with Gasteiger partial charge in [-0.3, -0.25) is 9.47 Å². The third kappa shape index (κ3) is 5.65. The Labute approximate surface area is 231 Å². The fourth-order valence-corrected chi connectivity index (χ4v) is 5.29. The van der Waals surface area contributed by atoms with Gasteiger partial charge in [-0.15, -0.1) is 4.99 Å². The smallest absolute Gasteiger partial charge is 0.442 e. The standard InChI is InChI=1S/C27H34N8O5/c1-37-23-21(39-14-4-8-33-12-15-38-16-13-33)6-5-20-22(23)31-26(35-11-7-28-24(20)35)32-27(36)40-19-17-29-25(30-18-19)34-9-2-3-10-34/h5-6,17-18,28H,2-4,7-16H2,1H3. The van der Waals surface area contributed by atoms with Gasteiger partial charge in [-0.05, 0) is 31.4 Å². The molecule has 0 aliphatic carbocycles. The number of benzene rings is 1. The average molecular weight is 551 g/mol. The van der Waals surface area contributed by atoms with Crippen LogP contribution in [0, 0.1) is 0 Å². The van der Waals surface area contributed by atoms with Gasteiger partial charge in [0.05, 0.1) is 39.3 Å². The third-order valence-corrected chi connectivity index (χ3v) is 7.29. The number of ether oxygens (including phenoxy) is 4. The number of nitrogens with one attached hydrogen (secondary N) is 1. The number of hydrogen-bond donors (Lipinski definition) is 1. The van der Waals surface area contributed by atoms with Crippen LogP contribution in [0.2, 0.25) is 0 Å². The van der Waals surface area contributed by atoms with Crippen LogP contribution >= 0.6 is 0 Å². The zero-order chi connectivity index (χ0) is 27.3. The Morgan fingerprint density at radius 3 is 2.67 bits per heavy atom. The first-order chi connectivity index (χ1) is 19.7. The van der Waals surface area contributed by atoms with Crippen molar-refractivity contribution in [3.63, 3.8) is 0 Å². The molecule has 13 heteroatoms. The Morgan fingerprint density at radius 2 is 1.90 bits per heavy atom. The summed E-state index contributed by atoms with van der Waals surface area (Å²) in [6, 6.07) is 3.85. The molecule has 212 valence electrons. The van der Waals surface area contributed by atoms with Crippen LogP contribution in [0.5, 0.6) is 17.2 Å². The topological polar surface area (TPSA) is 128 Å². The lowest BCUT2D eigenvalue weighted by atomic mass is 10.2. The molecular weight excluding hydrogens is 516 g/mol. The molecule has 2 aromatic heterocycles. The van der Waals surface area contributed by atoms with E-state index in [0.29, 0.717) is 42.7 Å². The van der Waals surface area contributed by atoms with E-state index in [4.69, 9.17) is 23.9 Å². The van der Waals surface area contributed by atoms with Crippen LogP contribution in [-0.4, -0.2) is 96.7 Å². The summed E-state index contributed by atoms with van der Waals surface area (Å²) < 4.78 is 24.5. The maximum absolute atomic E-state index is 12.8. The molecule has 1 aromatic carbocycles. The summed E-state index contributed by atoms with van der Waals surface area (Å²) in [7, 11) is 1.59. The van der Waals surface area contributed by atoms with Crippen molar-refractivity contribution < 1.29 is 23.7 Å². The first-order valence-corrected chi connectivity index (χ1v) is 13.8. The molecule has 1 amide bonds. The molecule has 0 radical (unpaired) electrons. The maximum atomic E-state index is 12.8. The lowest BCUT2D eigenvalue weighted by Crippen LogP contribution is -2.37. The molecule has 2 fully saturated rings. The number of hydrogen-bond acceptors (Lipinski definition) is 11. The van der Waals surface area contributed by atoms with Crippen LogP contribution in [0.4, 0.5) is 16.6 Å². The predicted molar refractivity (Wildman–Crippen MR) is 147 cm³/mol. The molecule has 40 heavy (non-hydrogen) atoms. The number of methoxy groups -OCH3 is 1. The van der Waals surface area contributed by atoms with Gasteiger partial charge in [-0.1, -0.05) is 0 Å². The first-order valence-electron chi connectivity index (χ1n) is 13.8. The molecule has 0 saturated carbocycles. The average Bonchev–Trinajstić information content (AvgIpc) is 3.70. The Morgan fingerprint density at radius 1 is 1.10 bits per heavy atom. The summed E-state index contributed by atoms with van der Waals surface area (Å²) in [5.41, 5.74) is 0.772. The summed E-state index contributed by atoms with van der Waals surface area (Å²) in [4.78, 5) is 34.8. The largest absolute Gasteiger partial charge is 0.491 e. The van der Waals surface area contributed by atoms with E-state index in [9.17, 15) is 4.79 Å². The minimum atomic E-state index is -0.805. The van der Waals surface area contributed by atoms with Crippen LogP contribution in [0.3, 0.4) is 0 Å². The molecule has 5 heterocycles. The molecule has 0 unspecified atom stereocenters.